The van der Waals surface area contributed by atoms with Crippen LogP contribution in [0.3, 0.4) is 0 Å². The number of carbonyl (C=O) groups is 1. The Labute approximate surface area is 198 Å². The van der Waals surface area contributed by atoms with Crippen LogP contribution in [0.1, 0.15) is 43.1 Å². The zero-order valence-corrected chi connectivity index (χ0v) is 19.6. The molecule has 2 aromatic carbocycles. The van der Waals surface area contributed by atoms with Gasteiger partial charge in [0.25, 0.3) is 5.91 Å². The van der Waals surface area contributed by atoms with Gasteiger partial charge in [0.1, 0.15) is 11.4 Å². The van der Waals surface area contributed by atoms with E-state index in [1.54, 1.807) is 17.7 Å². The maximum Gasteiger partial charge on any atom is 0.270 e. The lowest BCUT2D eigenvalue weighted by Gasteiger charge is -2.10. The number of fused-ring (bicyclic) bond motifs is 1. The van der Waals surface area contributed by atoms with E-state index in [4.69, 9.17) is 21.3 Å². The molecule has 7 heteroatoms. The second-order valence-electron chi connectivity index (χ2n) is 7.88. The molecule has 0 spiro atoms. The van der Waals surface area contributed by atoms with Crippen molar-refractivity contribution >= 4 is 23.2 Å². The number of hydrogen-bond donors (Lipinski definition) is 1. The predicted molar refractivity (Wildman–Crippen MR) is 132 cm³/mol. The van der Waals surface area contributed by atoms with Crippen molar-refractivity contribution < 1.29 is 9.53 Å². The topological polar surface area (TPSA) is 68.5 Å². The van der Waals surface area contributed by atoms with E-state index in [-0.39, 0.29) is 5.91 Å². The average molecular weight is 463 g/mol. The zero-order chi connectivity index (χ0) is 23.2. The third-order valence-electron chi connectivity index (χ3n) is 5.50. The standard InChI is InChI=1S/C26H27ClN4O2/c1-3-4-5-6-15-28-26(32)24-16-22(18-9-13-21(33-2)14-10-18)29-25-17-23(30-31(24)25)19-7-11-20(27)12-8-19/h7-14,16-17H,3-6,15H2,1-2H3,(H,28,32). The number of methoxy groups -OCH3 is 1. The summed E-state index contributed by atoms with van der Waals surface area (Å²) < 4.78 is 6.87. The van der Waals surface area contributed by atoms with Crippen molar-refractivity contribution in [3.05, 3.63) is 71.4 Å². The number of rotatable bonds is 9. The number of aromatic nitrogens is 3. The molecular formula is C26H27ClN4O2. The fourth-order valence-electron chi connectivity index (χ4n) is 3.65. The Balaban J connectivity index is 1.72. The van der Waals surface area contributed by atoms with Crippen molar-refractivity contribution in [3.8, 4) is 28.3 Å². The van der Waals surface area contributed by atoms with Gasteiger partial charge < -0.3 is 10.1 Å². The first kappa shape index (κ1) is 22.8. The summed E-state index contributed by atoms with van der Waals surface area (Å²) in [7, 11) is 1.63. The number of hydrogen-bond acceptors (Lipinski definition) is 4. The van der Waals surface area contributed by atoms with Gasteiger partial charge in [-0.25, -0.2) is 9.50 Å². The van der Waals surface area contributed by atoms with Gasteiger partial charge in [-0.1, -0.05) is 49.9 Å². The highest BCUT2D eigenvalue weighted by atomic mass is 35.5. The fraction of sp³-hybridized carbons (Fsp3) is 0.269. The SMILES string of the molecule is CCCCCCNC(=O)c1cc(-c2ccc(OC)cc2)nc2cc(-c3ccc(Cl)cc3)nn12. The Morgan fingerprint density at radius 2 is 1.67 bits per heavy atom. The van der Waals surface area contributed by atoms with Crippen LogP contribution in [-0.4, -0.2) is 34.2 Å². The van der Waals surface area contributed by atoms with Gasteiger partial charge in [0.2, 0.25) is 0 Å². The lowest BCUT2D eigenvalue weighted by Crippen LogP contribution is -2.27. The van der Waals surface area contributed by atoms with E-state index >= 15 is 0 Å². The van der Waals surface area contributed by atoms with E-state index in [2.05, 4.69) is 17.3 Å². The first-order valence-corrected chi connectivity index (χ1v) is 11.6. The monoisotopic (exact) mass is 462 g/mol. The highest BCUT2D eigenvalue weighted by Crippen LogP contribution is 2.26. The van der Waals surface area contributed by atoms with E-state index in [1.165, 1.54) is 6.42 Å². The van der Waals surface area contributed by atoms with Crippen LogP contribution in [0.2, 0.25) is 5.02 Å². The summed E-state index contributed by atoms with van der Waals surface area (Å²) in [5.74, 6) is 0.596. The van der Waals surface area contributed by atoms with Crippen LogP contribution in [-0.2, 0) is 0 Å². The molecule has 0 bridgehead atoms. The van der Waals surface area contributed by atoms with Gasteiger partial charge >= 0.3 is 0 Å². The molecule has 0 fully saturated rings. The molecule has 4 rings (SSSR count). The van der Waals surface area contributed by atoms with Gasteiger partial charge in [0.05, 0.1) is 18.5 Å². The largest absolute Gasteiger partial charge is 0.497 e. The number of nitrogens with zero attached hydrogens (tertiary/aromatic N) is 3. The smallest absolute Gasteiger partial charge is 0.270 e. The van der Waals surface area contributed by atoms with Crippen molar-refractivity contribution in [1.82, 2.24) is 19.9 Å². The summed E-state index contributed by atoms with van der Waals surface area (Å²) in [5, 5.41) is 8.38. The van der Waals surface area contributed by atoms with Gasteiger partial charge in [0.15, 0.2) is 5.65 Å². The number of amides is 1. The van der Waals surface area contributed by atoms with E-state index < -0.39 is 0 Å². The van der Waals surface area contributed by atoms with Crippen LogP contribution in [0, 0.1) is 0 Å². The zero-order valence-electron chi connectivity index (χ0n) is 18.8. The van der Waals surface area contributed by atoms with Crippen LogP contribution in [0.15, 0.2) is 60.7 Å². The van der Waals surface area contributed by atoms with Crippen molar-refractivity contribution in [3.63, 3.8) is 0 Å². The minimum absolute atomic E-state index is 0.167. The van der Waals surface area contributed by atoms with Crippen molar-refractivity contribution in [1.29, 1.82) is 0 Å². The number of nitrogens with one attached hydrogen (secondary N) is 1. The van der Waals surface area contributed by atoms with E-state index in [0.29, 0.717) is 28.6 Å². The Morgan fingerprint density at radius 1 is 0.970 bits per heavy atom. The molecule has 0 aliphatic carbocycles. The van der Waals surface area contributed by atoms with Gasteiger partial charge in [-0.05, 0) is 48.9 Å². The summed E-state index contributed by atoms with van der Waals surface area (Å²) in [6.45, 7) is 2.80. The van der Waals surface area contributed by atoms with Crippen LogP contribution in [0.5, 0.6) is 5.75 Å². The molecule has 0 saturated heterocycles. The maximum absolute atomic E-state index is 13.1. The highest BCUT2D eigenvalue weighted by Gasteiger charge is 2.17. The van der Waals surface area contributed by atoms with Crippen molar-refractivity contribution in [2.45, 2.75) is 32.6 Å². The molecule has 0 unspecified atom stereocenters. The molecule has 0 radical (unpaired) electrons. The molecule has 1 amide bonds. The van der Waals surface area contributed by atoms with Crippen molar-refractivity contribution in [2.75, 3.05) is 13.7 Å². The van der Waals surface area contributed by atoms with E-state index in [9.17, 15) is 4.79 Å². The minimum atomic E-state index is -0.167. The molecule has 170 valence electrons. The first-order chi connectivity index (χ1) is 16.1. The summed E-state index contributed by atoms with van der Waals surface area (Å²) >= 11 is 6.04. The third kappa shape index (κ3) is 5.34. The van der Waals surface area contributed by atoms with Crippen LogP contribution >= 0.6 is 11.6 Å². The Kier molecular flexibility index (Phi) is 7.25. The lowest BCUT2D eigenvalue weighted by molar-refractivity contribution is 0.0945. The van der Waals surface area contributed by atoms with Gasteiger partial charge in [-0.3, -0.25) is 4.79 Å². The van der Waals surface area contributed by atoms with E-state index in [0.717, 1.165) is 41.8 Å². The summed E-state index contributed by atoms with van der Waals surface area (Å²) in [5.41, 5.74) is 4.27. The molecule has 0 atom stereocenters. The Morgan fingerprint density at radius 3 is 2.36 bits per heavy atom. The number of unbranched alkanes of at least 4 members (excludes halogenated alkanes) is 3. The molecule has 33 heavy (non-hydrogen) atoms. The van der Waals surface area contributed by atoms with Gasteiger partial charge in [-0.2, -0.15) is 5.10 Å². The van der Waals surface area contributed by atoms with Crippen LogP contribution in [0.4, 0.5) is 0 Å². The number of benzene rings is 2. The molecule has 0 saturated carbocycles. The minimum Gasteiger partial charge on any atom is -0.497 e. The van der Waals surface area contributed by atoms with Gasteiger partial charge in [-0.15, -0.1) is 0 Å². The van der Waals surface area contributed by atoms with Gasteiger partial charge in [0, 0.05) is 28.8 Å². The van der Waals surface area contributed by atoms with Crippen molar-refractivity contribution in [2.24, 2.45) is 0 Å². The van der Waals surface area contributed by atoms with Crippen LogP contribution < -0.4 is 10.1 Å². The number of ether oxygens (including phenoxy) is 1. The molecular weight excluding hydrogens is 436 g/mol. The quantitative estimate of drug-likeness (QED) is 0.308. The molecule has 2 heterocycles. The highest BCUT2D eigenvalue weighted by molar-refractivity contribution is 6.30. The molecule has 2 aromatic heterocycles. The summed E-state index contributed by atoms with van der Waals surface area (Å²) in [4.78, 5) is 17.9. The summed E-state index contributed by atoms with van der Waals surface area (Å²) in [6, 6.07) is 18.7. The molecule has 1 N–H and O–H groups in total. The molecule has 4 aromatic rings. The Bertz CT molecular complexity index is 1230. The second-order valence-corrected chi connectivity index (χ2v) is 8.31. The fourth-order valence-corrected chi connectivity index (χ4v) is 3.78. The average Bonchev–Trinajstić information content (AvgIpc) is 3.28. The Hall–Kier alpha value is -3.38. The lowest BCUT2D eigenvalue weighted by atomic mass is 10.1. The second kappa shape index (κ2) is 10.5. The molecule has 6 nitrogen and oxygen atoms in total. The molecule has 0 aliphatic heterocycles. The maximum atomic E-state index is 13.1. The first-order valence-electron chi connectivity index (χ1n) is 11.2. The van der Waals surface area contributed by atoms with Crippen LogP contribution in [0.25, 0.3) is 28.2 Å². The predicted octanol–water partition coefficient (Wildman–Crippen LogP) is 6.04. The number of carbonyl (C=O) groups excluding carboxylic acids is 1. The summed E-state index contributed by atoms with van der Waals surface area (Å²) in [6.07, 6.45) is 4.38. The number of halogens is 1. The third-order valence-corrected chi connectivity index (χ3v) is 5.75. The van der Waals surface area contributed by atoms with E-state index in [1.807, 2.05) is 54.6 Å². The normalized spacial score (nSPS) is 11.0. The molecule has 0 aliphatic rings.